The smallest absolute Gasteiger partial charge is 0.235 e. The lowest BCUT2D eigenvalue weighted by Gasteiger charge is -2.11. The van der Waals surface area contributed by atoms with E-state index in [0.717, 1.165) is 92.1 Å². The molecule has 234 valence electrons. The number of hydrogen-bond acceptors (Lipinski definition) is 7. The van der Waals surface area contributed by atoms with Crippen molar-refractivity contribution in [1.29, 1.82) is 0 Å². The number of ketones is 3. The number of fused-ring (bicyclic) bond motifs is 2. The molecule has 3 rings (SSSR count). The van der Waals surface area contributed by atoms with E-state index in [4.69, 9.17) is 14.5 Å². The van der Waals surface area contributed by atoms with Gasteiger partial charge in [0.2, 0.25) is 11.0 Å². The number of aromatic nitrogens is 2. The number of benzene rings is 2. The van der Waals surface area contributed by atoms with Crippen molar-refractivity contribution in [2.45, 2.75) is 103 Å². The highest BCUT2D eigenvalue weighted by Gasteiger charge is 2.18. The summed E-state index contributed by atoms with van der Waals surface area (Å²) in [4.78, 5) is 40.6. The Labute approximate surface area is 256 Å². The maximum Gasteiger partial charge on any atom is 0.235 e. The number of nitrogens with one attached hydrogen (secondary N) is 1. The number of rotatable bonds is 23. The van der Waals surface area contributed by atoms with Crippen molar-refractivity contribution in [1.82, 2.24) is 10.3 Å². The van der Waals surface area contributed by atoms with E-state index in [9.17, 15) is 14.4 Å². The molecule has 1 heterocycles. The molecule has 8 nitrogen and oxygen atoms in total. The Hall–Kier alpha value is -3.23. The molecular weight excluding hydrogens is 542 g/mol. The molecular formula is C35H50N3O5+. The van der Waals surface area contributed by atoms with Gasteiger partial charge in [0.1, 0.15) is 29.4 Å². The van der Waals surface area contributed by atoms with Gasteiger partial charge in [0.05, 0.1) is 26.4 Å². The molecule has 2 aromatic carbocycles. The highest BCUT2D eigenvalue weighted by Crippen LogP contribution is 2.24. The quantitative estimate of drug-likeness (QED) is 0.0809. The second-order valence-electron chi connectivity index (χ2n) is 11.3. The van der Waals surface area contributed by atoms with Crippen LogP contribution in [0.3, 0.4) is 0 Å². The van der Waals surface area contributed by atoms with E-state index in [1.165, 1.54) is 0 Å². The van der Waals surface area contributed by atoms with Gasteiger partial charge >= 0.3 is 0 Å². The van der Waals surface area contributed by atoms with E-state index in [0.29, 0.717) is 38.9 Å². The number of likely N-dealkylation sites (N-methyl/N-ethyl adjacent to an activating group) is 1. The molecule has 1 atom stereocenters. The van der Waals surface area contributed by atoms with Gasteiger partial charge < -0.3 is 14.8 Å². The van der Waals surface area contributed by atoms with E-state index in [2.05, 4.69) is 28.1 Å². The summed E-state index contributed by atoms with van der Waals surface area (Å²) in [6.07, 6.45) is 10.7. The Bertz CT molecular complexity index is 1330. The zero-order chi connectivity index (χ0) is 30.9. The summed E-state index contributed by atoms with van der Waals surface area (Å²) in [6.45, 7) is 3.28. The standard InChI is InChI=1S/C35H50N3O5/c1-27(39)30(36-2)17-10-7-9-16-29(41)23-26-43-25-22-28(40)15-8-5-4-6-13-24-38-32-19-12-11-18-31(32)37-35-33(38)20-14-21-34(35)42-3/h11-12,14,18-21,30,36H,4-10,13,15-17,22-26H2,1-3H3/q+1. The molecule has 1 unspecified atom stereocenters. The molecule has 0 saturated carbocycles. The fourth-order valence-corrected chi connectivity index (χ4v) is 5.53. The van der Waals surface area contributed by atoms with Crippen molar-refractivity contribution in [3.05, 3.63) is 42.5 Å². The Kier molecular flexibility index (Phi) is 15.2. The number of para-hydroxylation sites is 3. The van der Waals surface area contributed by atoms with Crippen molar-refractivity contribution in [3.63, 3.8) is 0 Å². The van der Waals surface area contributed by atoms with E-state index < -0.39 is 0 Å². The second kappa shape index (κ2) is 19.1. The van der Waals surface area contributed by atoms with Crippen molar-refractivity contribution in [2.24, 2.45) is 0 Å². The van der Waals surface area contributed by atoms with Gasteiger partial charge in [-0.1, -0.05) is 43.9 Å². The molecule has 0 amide bonds. The molecule has 3 aromatic rings. The molecule has 0 bridgehead atoms. The van der Waals surface area contributed by atoms with E-state index in [-0.39, 0.29) is 23.4 Å². The van der Waals surface area contributed by atoms with Crippen molar-refractivity contribution >= 4 is 39.4 Å². The van der Waals surface area contributed by atoms with Crippen LogP contribution in [0.4, 0.5) is 0 Å². The molecule has 0 saturated heterocycles. The van der Waals surface area contributed by atoms with Crippen LogP contribution in [0.25, 0.3) is 22.1 Å². The van der Waals surface area contributed by atoms with Gasteiger partial charge in [0, 0.05) is 44.2 Å². The van der Waals surface area contributed by atoms with Crippen LogP contribution >= 0.6 is 0 Å². The summed E-state index contributed by atoms with van der Waals surface area (Å²) in [5, 5.41) is 3.02. The third-order valence-electron chi connectivity index (χ3n) is 8.07. The molecule has 43 heavy (non-hydrogen) atoms. The minimum atomic E-state index is -0.0808. The van der Waals surface area contributed by atoms with Gasteiger partial charge in [-0.05, 0) is 51.8 Å². The summed E-state index contributed by atoms with van der Waals surface area (Å²) in [7, 11) is 3.48. The normalized spacial score (nSPS) is 12.1. The number of carbonyl (C=O) groups excluding carboxylic acids is 3. The third-order valence-corrected chi connectivity index (χ3v) is 8.07. The monoisotopic (exact) mass is 592 g/mol. The van der Waals surface area contributed by atoms with Crippen molar-refractivity contribution in [2.75, 3.05) is 27.4 Å². The van der Waals surface area contributed by atoms with Crippen molar-refractivity contribution in [3.8, 4) is 5.75 Å². The van der Waals surface area contributed by atoms with Gasteiger partial charge in [-0.15, -0.1) is 0 Å². The van der Waals surface area contributed by atoms with Gasteiger partial charge in [-0.2, -0.15) is 4.57 Å². The van der Waals surface area contributed by atoms with Crippen LogP contribution in [-0.2, 0) is 25.7 Å². The first kappa shape index (κ1) is 34.3. The summed E-state index contributed by atoms with van der Waals surface area (Å²) < 4.78 is 13.5. The van der Waals surface area contributed by atoms with E-state index in [1.54, 1.807) is 21.1 Å². The molecule has 0 aliphatic rings. The van der Waals surface area contributed by atoms with E-state index >= 15 is 0 Å². The average molecular weight is 593 g/mol. The lowest BCUT2D eigenvalue weighted by Crippen LogP contribution is -2.36. The Morgan fingerprint density at radius 2 is 1.42 bits per heavy atom. The average Bonchev–Trinajstić information content (AvgIpc) is 3.01. The molecule has 0 fully saturated rings. The lowest BCUT2D eigenvalue weighted by molar-refractivity contribution is -0.646. The Morgan fingerprint density at radius 3 is 2.09 bits per heavy atom. The van der Waals surface area contributed by atoms with Crippen LogP contribution in [0.15, 0.2) is 42.5 Å². The first-order valence-electron chi connectivity index (χ1n) is 16.0. The zero-order valence-electron chi connectivity index (χ0n) is 26.4. The zero-order valence-corrected chi connectivity index (χ0v) is 26.4. The molecule has 0 radical (unpaired) electrons. The van der Waals surface area contributed by atoms with Gasteiger partial charge in [0.25, 0.3) is 0 Å². The second-order valence-corrected chi connectivity index (χ2v) is 11.3. The first-order chi connectivity index (χ1) is 20.9. The largest absolute Gasteiger partial charge is 0.494 e. The molecule has 0 aliphatic carbocycles. The fourth-order valence-electron chi connectivity index (χ4n) is 5.53. The molecule has 1 aromatic heterocycles. The summed E-state index contributed by atoms with van der Waals surface area (Å²) in [6, 6.07) is 14.2. The van der Waals surface area contributed by atoms with Crippen LogP contribution in [0.5, 0.6) is 5.75 Å². The van der Waals surface area contributed by atoms with E-state index in [1.807, 2.05) is 24.3 Å². The first-order valence-corrected chi connectivity index (χ1v) is 16.0. The molecule has 0 spiro atoms. The highest BCUT2D eigenvalue weighted by molar-refractivity contribution is 5.85. The number of unbranched alkanes of at least 4 members (excludes halogenated alkanes) is 6. The lowest BCUT2D eigenvalue weighted by atomic mass is 10.0. The number of aryl methyl sites for hydroxylation is 1. The van der Waals surface area contributed by atoms with Crippen LogP contribution in [-0.4, -0.2) is 55.7 Å². The summed E-state index contributed by atoms with van der Waals surface area (Å²) in [5.74, 6) is 1.38. The number of nitrogens with zero attached hydrogens (tertiary/aromatic N) is 2. The van der Waals surface area contributed by atoms with Crippen LogP contribution in [0.1, 0.15) is 90.4 Å². The maximum absolute atomic E-state index is 12.2. The number of ether oxygens (including phenoxy) is 2. The van der Waals surface area contributed by atoms with Gasteiger partial charge in [0.15, 0.2) is 11.3 Å². The van der Waals surface area contributed by atoms with Crippen LogP contribution in [0.2, 0.25) is 0 Å². The maximum atomic E-state index is 12.2. The summed E-state index contributed by atoms with van der Waals surface area (Å²) >= 11 is 0. The SMILES string of the molecule is CNC(CCCCCC(=O)CCOCCC(=O)CCCCCCC[n+]1c2ccccc2nc2c(OC)cccc21)C(C)=O. The summed E-state index contributed by atoms with van der Waals surface area (Å²) in [5.41, 5.74) is 4.05. The number of methoxy groups -OCH3 is 1. The van der Waals surface area contributed by atoms with Crippen molar-refractivity contribution < 1.29 is 28.4 Å². The fraction of sp³-hybridized carbons (Fsp3) is 0.571. The Balaban J connectivity index is 1.23. The number of hydrogen-bond donors (Lipinski definition) is 1. The van der Waals surface area contributed by atoms with Crippen LogP contribution < -0.4 is 14.6 Å². The highest BCUT2D eigenvalue weighted by atomic mass is 16.5. The third kappa shape index (κ3) is 11.4. The van der Waals surface area contributed by atoms with Gasteiger partial charge in [-0.3, -0.25) is 14.4 Å². The molecule has 1 N–H and O–H groups in total. The number of Topliss-reactive ketones (excluding diaryl/α,β-unsaturated/α-hetero) is 3. The molecule has 0 aliphatic heterocycles. The van der Waals surface area contributed by atoms with Gasteiger partial charge in [-0.25, -0.2) is 4.98 Å². The predicted molar refractivity (Wildman–Crippen MR) is 170 cm³/mol. The number of carbonyl (C=O) groups is 3. The minimum Gasteiger partial charge on any atom is -0.494 e. The predicted octanol–water partition coefficient (Wildman–Crippen LogP) is 6.09. The minimum absolute atomic E-state index is 0.0808. The topological polar surface area (TPSA) is 98.5 Å². The Morgan fingerprint density at radius 1 is 0.791 bits per heavy atom. The molecule has 8 heteroatoms. The van der Waals surface area contributed by atoms with Crippen LogP contribution in [0, 0.1) is 0 Å².